The average molecular weight is 333 g/mol. The van der Waals surface area contributed by atoms with E-state index in [9.17, 15) is 9.59 Å². The van der Waals surface area contributed by atoms with Gasteiger partial charge < -0.3 is 14.4 Å². The minimum atomic E-state index is -0.482. The number of hydrogen-bond acceptors (Lipinski definition) is 6. The molecule has 0 aliphatic heterocycles. The largest absolute Gasteiger partial charge is 0.465 e. The van der Waals surface area contributed by atoms with Crippen LogP contribution in [0.2, 0.25) is 0 Å². The van der Waals surface area contributed by atoms with Crippen molar-refractivity contribution in [3.63, 3.8) is 0 Å². The van der Waals surface area contributed by atoms with Crippen molar-refractivity contribution in [1.29, 1.82) is 0 Å². The minimum Gasteiger partial charge on any atom is -0.465 e. The van der Waals surface area contributed by atoms with E-state index in [1.54, 1.807) is 20.1 Å². The SMILES string of the molecule is CCOC(=O)Cn1nc(N(C)CCOC)c2cc(C)ccc2c1=O. The summed E-state index contributed by atoms with van der Waals surface area (Å²) >= 11 is 0. The first kappa shape index (κ1) is 17.9. The van der Waals surface area contributed by atoms with Crippen LogP contribution in [0.4, 0.5) is 5.82 Å². The molecular formula is C17H23N3O4. The molecule has 0 aliphatic carbocycles. The van der Waals surface area contributed by atoms with Crippen LogP contribution < -0.4 is 10.5 Å². The van der Waals surface area contributed by atoms with Crippen molar-refractivity contribution in [2.75, 3.05) is 38.8 Å². The van der Waals surface area contributed by atoms with Crippen LogP contribution in [0, 0.1) is 6.92 Å². The third-order valence-electron chi connectivity index (χ3n) is 3.67. The lowest BCUT2D eigenvalue weighted by Gasteiger charge is -2.20. The third-order valence-corrected chi connectivity index (χ3v) is 3.67. The zero-order chi connectivity index (χ0) is 17.7. The van der Waals surface area contributed by atoms with Gasteiger partial charge in [0.25, 0.3) is 5.56 Å². The zero-order valence-corrected chi connectivity index (χ0v) is 14.5. The van der Waals surface area contributed by atoms with Crippen molar-refractivity contribution < 1.29 is 14.3 Å². The number of ether oxygens (including phenoxy) is 2. The quantitative estimate of drug-likeness (QED) is 0.712. The summed E-state index contributed by atoms with van der Waals surface area (Å²) in [6.07, 6.45) is 0. The molecule has 130 valence electrons. The highest BCUT2D eigenvalue weighted by Crippen LogP contribution is 2.22. The maximum atomic E-state index is 12.6. The first-order valence-corrected chi connectivity index (χ1v) is 7.85. The van der Waals surface area contributed by atoms with E-state index in [4.69, 9.17) is 9.47 Å². The van der Waals surface area contributed by atoms with Crippen molar-refractivity contribution in [3.05, 3.63) is 34.1 Å². The second-order valence-electron chi connectivity index (χ2n) is 5.55. The molecule has 0 atom stereocenters. The van der Waals surface area contributed by atoms with Crippen LogP contribution >= 0.6 is 0 Å². The Kier molecular flexibility index (Phi) is 5.92. The average Bonchev–Trinajstić information content (AvgIpc) is 2.55. The standard InChI is InChI=1S/C17H23N3O4/c1-5-24-15(21)11-20-17(22)13-7-6-12(2)10-14(13)16(18-20)19(3)8-9-23-4/h6-7,10H,5,8-9,11H2,1-4H3. The highest BCUT2D eigenvalue weighted by Gasteiger charge is 2.16. The summed E-state index contributed by atoms with van der Waals surface area (Å²) in [5.41, 5.74) is 0.732. The van der Waals surface area contributed by atoms with E-state index in [1.165, 1.54) is 0 Å². The Balaban J connectivity index is 2.56. The highest BCUT2D eigenvalue weighted by molar-refractivity contribution is 5.92. The number of fused-ring (bicyclic) bond motifs is 1. The van der Waals surface area contributed by atoms with E-state index < -0.39 is 5.97 Å². The number of aromatic nitrogens is 2. The Morgan fingerprint density at radius 3 is 2.75 bits per heavy atom. The number of aryl methyl sites for hydroxylation is 1. The van der Waals surface area contributed by atoms with Crippen LogP contribution in [0.3, 0.4) is 0 Å². The molecule has 0 radical (unpaired) electrons. The third kappa shape index (κ3) is 3.91. The molecule has 0 aliphatic rings. The minimum absolute atomic E-state index is 0.207. The van der Waals surface area contributed by atoms with E-state index in [0.717, 1.165) is 15.6 Å². The number of likely N-dealkylation sites (N-methyl/N-ethyl adjacent to an activating group) is 1. The van der Waals surface area contributed by atoms with E-state index in [1.807, 2.05) is 31.0 Å². The molecule has 1 aromatic carbocycles. The molecule has 7 heteroatoms. The van der Waals surface area contributed by atoms with E-state index in [-0.39, 0.29) is 18.7 Å². The maximum Gasteiger partial charge on any atom is 0.327 e. The summed E-state index contributed by atoms with van der Waals surface area (Å²) in [7, 11) is 3.51. The number of nitrogens with zero attached hydrogens (tertiary/aromatic N) is 3. The topological polar surface area (TPSA) is 73.7 Å². The van der Waals surface area contributed by atoms with Gasteiger partial charge in [0.15, 0.2) is 5.82 Å². The van der Waals surface area contributed by atoms with Gasteiger partial charge in [0, 0.05) is 26.1 Å². The van der Waals surface area contributed by atoms with E-state index >= 15 is 0 Å². The molecular weight excluding hydrogens is 310 g/mol. The molecule has 0 saturated carbocycles. The van der Waals surface area contributed by atoms with Gasteiger partial charge in [0.1, 0.15) is 6.54 Å². The molecule has 0 spiro atoms. The van der Waals surface area contributed by atoms with Crippen LogP contribution in [0.15, 0.2) is 23.0 Å². The van der Waals surface area contributed by atoms with Gasteiger partial charge >= 0.3 is 5.97 Å². The normalized spacial score (nSPS) is 10.8. The fourth-order valence-corrected chi connectivity index (χ4v) is 2.43. The van der Waals surface area contributed by atoms with Crippen molar-refractivity contribution in [1.82, 2.24) is 9.78 Å². The number of esters is 1. The molecule has 0 unspecified atom stereocenters. The number of carbonyl (C=O) groups is 1. The van der Waals surface area contributed by atoms with E-state index in [2.05, 4.69) is 5.10 Å². The lowest BCUT2D eigenvalue weighted by molar-refractivity contribution is -0.144. The Bertz CT molecular complexity index is 785. The zero-order valence-electron chi connectivity index (χ0n) is 14.5. The summed E-state index contributed by atoms with van der Waals surface area (Å²) < 4.78 is 11.2. The fourth-order valence-electron chi connectivity index (χ4n) is 2.43. The summed E-state index contributed by atoms with van der Waals surface area (Å²) in [4.78, 5) is 26.3. The molecule has 0 amide bonds. The van der Waals surface area contributed by atoms with Crippen LogP contribution in [-0.4, -0.2) is 49.7 Å². The Labute approximate surface area is 140 Å². The van der Waals surface area contributed by atoms with Gasteiger partial charge in [-0.2, -0.15) is 5.10 Å². The van der Waals surface area contributed by atoms with Crippen molar-refractivity contribution in [2.24, 2.45) is 0 Å². The molecule has 0 saturated heterocycles. The fraction of sp³-hybridized carbons (Fsp3) is 0.471. The molecule has 24 heavy (non-hydrogen) atoms. The second-order valence-corrected chi connectivity index (χ2v) is 5.55. The number of benzene rings is 1. The molecule has 1 heterocycles. The van der Waals surface area contributed by atoms with Crippen LogP contribution in [0.5, 0.6) is 0 Å². The number of rotatable bonds is 7. The Morgan fingerprint density at radius 2 is 2.08 bits per heavy atom. The molecule has 2 rings (SSSR count). The summed E-state index contributed by atoms with van der Waals surface area (Å²) in [5.74, 6) is 0.152. The molecule has 0 bridgehead atoms. The number of methoxy groups -OCH3 is 1. The van der Waals surface area contributed by atoms with Gasteiger partial charge in [-0.05, 0) is 26.0 Å². The molecule has 7 nitrogen and oxygen atoms in total. The predicted octanol–water partition coefficient (Wildman–Crippen LogP) is 1.35. The summed E-state index contributed by atoms with van der Waals surface area (Å²) in [5, 5.41) is 5.68. The van der Waals surface area contributed by atoms with Gasteiger partial charge in [-0.1, -0.05) is 11.6 Å². The predicted molar refractivity (Wildman–Crippen MR) is 92.5 cm³/mol. The lowest BCUT2D eigenvalue weighted by atomic mass is 10.1. The monoisotopic (exact) mass is 333 g/mol. The smallest absolute Gasteiger partial charge is 0.327 e. The number of anilines is 1. The van der Waals surface area contributed by atoms with Crippen molar-refractivity contribution >= 4 is 22.6 Å². The van der Waals surface area contributed by atoms with Crippen LogP contribution in [-0.2, 0) is 20.8 Å². The van der Waals surface area contributed by atoms with Crippen molar-refractivity contribution in [3.8, 4) is 0 Å². The van der Waals surface area contributed by atoms with Crippen molar-refractivity contribution in [2.45, 2.75) is 20.4 Å². The first-order chi connectivity index (χ1) is 11.5. The number of carbonyl (C=O) groups excluding carboxylic acids is 1. The van der Waals surface area contributed by atoms with Gasteiger partial charge in [0.05, 0.1) is 18.6 Å². The van der Waals surface area contributed by atoms with Crippen LogP contribution in [0.25, 0.3) is 10.8 Å². The van der Waals surface area contributed by atoms with Gasteiger partial charge in [-0.15, -0.1) is 0 Å². The first-order valence-electron chi connectivity index (χ1n) is 7.85. The molecule has 1 aromatic heterocycles. The van der Waals surface area contributed by atoms with Gasteiger partial charge in [0.2, 0.25) is 0 Å². The highest BCUT2D eigenvalue weighted by atomic mass is 16.5. The van der Waals surface area contributed by atoms with Gasteiger partial charge in [-0.25, -0.2) is 4.68 Å². The molecule has 0 fully saturated rings. The molecule has 0 N–H and O–H groups in total. The Morgan fingerprint density at radius 1 is 1.33 bits per heavy atom. The Hall–Kier alpha value is -2.41. The second kappa shape index (κ2) is 7.92. The lowest BCUT2D eigenvalue weighted by Crippen LogP contribution is -2.32. The van der Waals surface area contributed by atoms with Gasteiger partial charge in [-0.3, -0.25) is 9.59 Å². The van der Waals surface area contributed by atoms with Crippen LogP contribution in [0.1, 0.15) is 12.5 Å². The van der Waals surface area contributed by atoms with E-state index in [0.29, 0.717) is 24.4 Å². The summed E-state index contributed by atoms with van der Waals surface area (Å²) in [6, 6.07) is 5.57. The number of hydrogen-bond donors (Lipinski definition) is 0. The summed E-state index contributed by atoms with van der Waals surface area (Å²) in [6.45, 7) is 4.89. The molecule has 2 aromatic rings. The maximum absolute atomic E-state index is 12.6.